The predicted octanol–water partition coefficient (Wildman–Crippen LogP) is 2.57. The number of benzene rings is 1. The van der Waals surface area contributed by atoms with Gasteiger partial charge in [0.2, 0.25) is 5.95 Å². The van der Waals surface area contributed by atoms with E-state index in [-0.39, 0.29) is 5.56 Å². The van der Waals surface area contributed by atoms with E-state index in [1.165, 1.54) is 6.07 Å². The third kappa shape index (κ3) is 2.76. The van der Waals surface area contributed by atoms with Crippen LogP contribution in [0, 0.1) is 6.92 Å². The van der Waals surface area contributed by atoms with Crippen molar-refractivity contribution in [3.63, 3.8) is 0 Å². The highest BCUT2D eigenvalue weighted by Gasteiger charge is 2.05. The molecule has 1 aromatic carbocycles. The van der Waals surface area contributed by atoms with E-state index < -0.39 is 0 Å². The molecule has 0 saturated carbocycles. The van der Waals surface area contributed by atoms with Gasteiger partial charge in [0.15, 0.2) is 0 Å². The quantitative estimate of drug-likeness (QED) is 0.511. The van der Waals surface area contributed by atoms with Crippen molar-refractivity contribution < 1.29 is 0 Å². The van der Waals surface area contributed by atoms with Crippen LogP contribution < -0.4 is 11.0 Å². The molecule has 3 rings (SSSR count). The van der Waals surface area contributed by atoms with Crippen molar-refractivity contribution in [3.05, 3.63) is 57.6 Å². The number of rotatable bonds is 4. The zero-order valence-corrected chi connectivity index (χ0v) is 12.5. The minimum Gasteiger partial charge on any atom is -0.358 e. The Balaban J connectivity index is 1.86. The lowest BCUT2D eigenvalue weighted by Gasteiger charge is -2.01. The molecular weight excluding hydrogens is 278 g/mol. The van der Waals surface area contributed by atoms with Crippen molar-refractivity contribution in [2.45, 2.75) is 20.3 Å². The lowest BCUT2D eigenvalue weighted by atomic mass is 10.1. The van der Waals surface area contributed by atoms with Crippen LogP contribution in [0.4, 0.5) is 5.95 Å². The summed E-state index contributed by atoms with van der Waals surface area (Å²) in [5.41, 5.74) is 6.44. The second kappa shape index (κ2) is 5.85. The van der Waals surface area contributed by atoms with Gasteiger partial charge in [0.1, 0.15) is 0 Å². The van der Waals surface area contributed by atoms with Crippen LogP contribution in [-0.4, -0.2) is 21.2 Å². The van der Waals surface area contributed by atoms with Crippen molar-refractivity contribution in [1.29, 1.82) is 0 Å². The fourth-order valence-electron chi connectivity index (χ4n) is 2.36. The Bertz CT molecular complexity index is 891. The van der Waals surface area contributed by atoms with E-state index in [0.717, 1.165) is 27.9 Å². The first-order valence-electron chi connectivity index (χ1n) is 7.14. The number of aromatic nitrogens is 3. The van der Waals surface area contributed by atoms with E-state index in [1.54, 1.807) is 6.21 Å². The fraction of sp³-hybridized carbons (Fsp3) is 0.188. The molecule has 3 N–H and O–H groups in total. The Hall–Kier alpha value is -2.89. The van der Waals surface area contributed by atoms with E-state index >= 15 is 0 Å². The van der Waals surface area contributed by atoms with E-state index in [1.807, 2.05) is 38.1 Å². The maximum atomic E-state index is 11.5. The average Bonchev–Trinajstić information content (AvgIpc) is 2.83. The van der Waals surface area contributed by atoms with Gasteiger partial charge < -0.3 is 4.98 Å². The third-order valence-electron chi connectivity index (χ3n) is 3.46. The Labute approximate surface area is 127 Å². The Morgan fingerprint density at radius 1 is 1.32 bits per heavy atom. The molecule has 22 heavy (non-hydrogen) atoms. The largest absolute Gasteiger partial charge is 0.358 e. The minimum absolute atomic E-state index is 0.187. The molecule has 0 aliphatic heterocycles. The summed E-state index contributed by atoms with van der Waals surface area (Å²) in [7, 11) is 0. The van der Waals surface area contributed by atoms with Gasteiger partial charge in [0, 0.05) is 33.9 Å². The fourth-order valence-corrected chi connectivity index (χ4v) is 2.36. The molecule has 0 spiro atoms. The van der Waals surface area contributed by atoms with Crippen molar-refractivity contribution >= 4 is 23.1 Å². The van der Waals surface area contributed by atoms with Crippen LogP contribution >= 0.6 is 0 Å². The summed E-state index contributed by atoms with van der Waals surface area (Å²) in [6.45, 7) is 3.95. The number of hydrogen-bond donors (Lipinski definition) is 3. The molecular formula is C16H17N5O. The van der Waals surface area contributed by atoms with Crippen molar-refractivity contribution in [2.24, 2.45) is 5.10 Å². The molecule has 0 radical (unpaired) electrons. The highest BCUT2D eigenvalue weighted by molar-refractivity contribution is 6.00. The van der Waals surface area contributed by atoms with Crippen LogP contribution in [0.1, 0.15) is 23.9 Å². The lowest BCUT2D eigenvalue weighted by molar-refractivity contribution is 0.974. The molecule has 6 nitrogen and oxygen atoms in total. The molecule has 0 fully saturated rings. The summed E-state index contributed by atoms with van der Waals surface area (Å²) in [5, 5.41) is 5.29. The van der Waals surface area contributed by atoms with Gasteiger partial charge in [0.05, 0.1) is 6.21 Å². The molecule has 0 unspecified atom stereocenters. The maximum absolute atomic E-state index is 11.5. The van der Waals surface area contributed by atoms with E-state index in [0.29, 0.717) is 12.4 Å². The molecule has 112 valence electrons. The molecule has 0 bridgehead atoms. The second-order valence-corrected chi connectivity index (χ2v) is 5.02. The SMILES string of the molecule is CCc1cc(=O)[nH]c(N/N=C\c2c(C)[nH]c3ccccc23)n1. The van der Waals surface area contributed by atoms with Crippen LogP contribution in [0.15, 0.2) is 40.2 Å². The van der Waals surface area contributed by atoms with Crippen LogP contribution in [0.3, 0.4) is 0 Å². The zero-order valence-electron chi connectivity index (χ0n) is 12.5. The number of anilines is 1. The molecule has 3 aromatic rings. The minimum atomic E-state index is -0.187. The molecule has 2 aromatic heterocycles. The number of aromatic amines is 2. The number of fused-ring (bicyclic) bond motifs is 1. The van der Waals surface area contributed by atoms with E-state index in [2.05, 4.69) is 25.5 Å². The summed E-state index contributed by atoms with van der Waals surface area (Å²) < 4.78 is 0. The van der Waals surface area contributed by atoms with Gasteiger partial charge in [-0.1, -0.05) is 25.1 Å². The Morgan fingerprint density at radius 3 is 2.95 bits per heavy atom. The van der Waals surface area contributed by atoms with Gasteiger partial charge in [-0.15, -0.1) is 0 Å². The van der Waals surface area contributed by atoms with Crippen LogP contribution in [0.2, 0.25) is 0 Å². The summed E-state index contributed by atoms with van der Waals surface area (Å²) in [6.07, 6.45) is 2.43. The van der Waals surface area contributed by atoms with Gasteiger partial charge in [-0.2, -0.15) is 5.10 Å². The highest BCUT2D eigenvalue weighted by Crippen LogP contribution is 2.19. The summed E-state index contributed by atoms with van der Waals surface area (Å²) in [4.78, 5) is 21.7. The molecule has 0 amide bonds. The van der Waals surface area contributed by atoms with Gasteiger partial charge in [0.25, 0.3) is 5.56 Å². The van der Waals surface area contributed by atoms with E-state index in [4.69, 9.17) is 0 Å². The molecule has 0 aliphatic rings. The number of aryl methyl sites for hydroxylation is 2. The normalized spacial score (nSPS) is 11.4. The summed E-state index contributed by atoms with van der Waals surface area (Å²) >= 11 is 0. The van der Waals surface area contributed by atoms with Gasteiger partial charge in [-0.25, -0.2) is 10.4 Å². The maximum Gasteiger partial charge on any atom is 0.252 e. The third-order valence-corrected chi connectivity index (χ3v) is 3.46. The number of hydrazone groups is 1. The number of nitrogens with one attached hydrogen (secondary N) is 3. The van der Waals surface area contributed by atoms with Crippen LogP contribution in [0.25, 0.3) is 10.9 Å². The lowest BCUT2D eigenvalue weighted by Crippen LogP contribution is -2.11. The topological polar surface area (TPSA) is 85.9 Å². The summed E-state index contributed by atoms with van der Waals surface area (Å²) in [5.74, 6) is 0.345. The monoisotopic (exact) mass is 295 g/mol. The first kappa shape index (κ1) is 14.1. The van der Waals surface area contributed by atoms with Crippen molar-refractivity contribution in [1.82, 2.24) is 15.0 Å². The van der Waals surface area contributed by atoms with E-state index in [9.17, 15) is 4.79 Å². The predicted molar refractivity (Wildman–Crippen MR) is 88.5 cm³/mol. The zero-order chi connectivity index (χ0) is 15.5. The molecule has 0 aliphatic carbocycles. The summed E-state index contributed by atoms with van der Waals surface area (Å²) in [6, 6.07) is 9.53. The standard InChI is InChI=1S/C16H17N5O/c1-3-11-8-15(22)20-16(19-11)21-17-9-13-10(2)18-14-7-5-4-6-12(13)14/h4-9,18H,3H2,1-2H3,(H2,19,20,21,22)/b17-9-. The van der Waals surface area contributed by atoms with Gasteiger partial charge >= 0.3 is 0 Å². The number of nitrogens with zero attached hydrogens (tertiary/aromatic N) is 2. The smallest absolute Gasteiger partial charge is 0.252 e. The van der Waals surface area contributed by atoms with Crippen LogP contribution in [0.5, 0.6) is 0 Å². The van der Waals surface area contributed by atoms with Crippen molar-refractivity contribution in [3.8, 4) is 0 Å². The number of H-pyrrole nitrogens is 2. The Morgan fingerprint density at radius 2 is 2.14 bits per heavy atom. The molecule has 6 heteroatoms. The first-order valence-corrected chi connectivity index (χ1v) is 7.14. The molecule has 0 saturated heterocycles. The number of hydrogen-bond acceptors (Lipinski definition) is 4. The van der Waals surface area contributed by atoms with Crippen LogP contribution in [-0.2, 0) is 6.42 Å². The second-order valence-electron chi connectivity index (χ2n) is 5.02. The number of para-hydroxylation sites is 1. The highest BCUT2D eigenvalue weighted by atomic mass is 16.1. The van der Waals surface area contributed by atoms with Gasteiger partial charge in [-0.3, -0.25) is 9.78 Å². The van der Waals surface area contributed by atoms with Gasteiger partial charge in [-0.05, 0) is 19.4 Å². The molecule has 2 heterocycles. The Kier molecular flexibility index (Phi) is 3.74. The molecule has 0 atom stereocenters. The van der Waals surface area contributed by atoms with Crippen molar-refractivity contribution in [2.75, 3.05) is 5.43 Å². The average molecular weight is 295 g/mol. The first-order chi connectivity index (χ1) is 10.7.